The molecule has 0 heterocycles. The van der Waals surface area contributed by atoms with Gasteiger partial charge < -0.3 is 49.7 Å². The summed E-state index contributed by atoms with van der Waals surface area (Å²) >= 11 is 0. The summed E-state index contributed by atoms with van der Waals surface area (Å²) in [5, 5.41) is 47.3. The van der Waals surface area contributed by atoms with Gasteiger partial charge in [0.05, 0.1) is 0 Å². The van der Waals surface area contributed by atoms with Crippen molar-refractivity contribution in [2.24, 2.45) is 32.0 Å². The van der Waals surface area contributed by atoms with Crippen LogP contribution < -0.4 is 18.5 Å². The van der Waals surface area contributed by atoms with E-state index in [-0.39, 0.29) is 37.9 Å². The Kier molecular flexibility index (Phi) is 2110. The number of nitrogens with zero attached hydrogens (tertiary/aromatic N) is 6. The fourth-order valence-electron chi connectivity index (χ4n) is 0. The fraction of sp³-hybridized carbons (Fsp3) is 0. The Bertz CT molecular complexity index is 118. The van der Waals surface area contributed by atoms with Gasteiger partial charge in [-0.15, -0.1) is 29.4 Å². The Balaban J connectivity index is -0.00000000947. The standard InChI is InChI=1S/6HNO2.3H3N.Rh/c6*2-1-3;;;;/h6*(H,2,3);3*1H3;/q;;;;;;;;;+3/p+3. The van der Waals surface area contributed by atoms with Crippen molar-refractivity contribution < 1.29 is 50.7 Å². The molecule has 22 heavy (non-hydrogen) atoms. The van der Waals surface area contributed by atoms with Crippen LogP contribution in [0.2, 0.25) is 0 Å². The summed E-state index contributed by atoms with van der Waals surface area (Å²) in [6.45, 7) is 0. The molecule has 0 saturated carbocycles. The van der Waals surface area contributed by atoms with E-state index in [1.54, 1.807) is 0 Å². The summed E-state index contributed by atoms with van der Waals surface area (Å²) < 4.78 is 0. The predicted molar refractivity (Wildman–Crippen MR) is 63.4 cm³/mol. The van der Waals surface area contributed by atoms with Gasteiger partial charge in [0.15, 0.2) is 32.0 Å². The third-order valence-corrected chi connectivity index (χ3v) is 0. The van der Waals surface area contributed by atoms with Crippen molar-refractivity contribution in [2.75, 3.05) is 0 Å². The molecule has 0 rings (SSSR count). The maximum atomic E-state index is 8.11. The average molecular weight is 439 g/mol. The molecule has 0 unspecified atom stereocenters. The van der Waals surface area contributed by atoms with E-state index < -0.39 is 0 Å². The minimum Gasteiger partial charge on any atom is -0.379 e. The molecule has 0 radical (unpaired) electrons. The molecule has 0 fully saturated rings. The first-order chi connectivity index (χ1) is 8.49. The molecule has 0 bridgehead atoms. The van der Waals surface area contributed by atoms with Crippen LogP contribution in [0.1, 0.15) is 0 Å². The van der Waals surface area contributed by atoms with Gasteiger partial charge in [-0.3, -0.25) is 0 Å². The summed E-state index contributed by atoms with van der Waals surface area (Å²) in [6.07, 6.45) is 0. The second-order valence-electron chi connectivity index (χ2n) is 0.490. The van der Waals surface area contributed by atoms with Crippen molar-refractivity contribution in [1.29, 1.82) is 0 Å². The van der Waals surface area contributed by atoms with Gasteiger partial charge in [0.25, 0.3) is 0 Å². The van der Waals surface area contributed by atoms with Crippen molar-refractivity contribution in [3.05, 3.63) is 29.4 Å². The molecule has 0 aromatic carbocycles. The first-order valence-corrected chi connectivity index (χ1v) is 2.30. The quantitative estimate of drug-likeness (QED) is 0.148. The molecule has 0 atom stereocenters. The maximum absolute atomic E-state index is 8.11. The predicted octanol–water partition coefficient (Wildman–Crippen LogP) is 1.98. The topological polar surface area (TPSA) is 407 Å². The van der Waals surface area contributed by atoms with Crippen molar-refractivity contribution in [3.8, 4) is 0 Å². The number of quaternary nitrogens is 3. The van der Waals surface area contributed by atoms with E-state index in [0.29, 0.717) is 0 Å². The third-order valence-electron chi connectivity index (χ3n) is 0. The smallest absolute Gasteiger partial charge is 0.379 e. The Labute approximate surface area is 131 Å². The van der Waals surface area contributed by atoms with Crippen LogP contribution in [0.5, 0.6) is 0 Å². The fourth-order valence-corrected chi connectivity index (χ4v) is 0. The van der Waals surface area contributed by atoms with Crippen LogP contribution in [-0.4, -0.2) is 31.2 Å². The first-order valence-electron chi connectivity index (χ1n) is 2.30. The molecular weight excluding hydrogens is 421 g/mol. The van der Waals surface area contributed by atoms with Gasteiger partial charge >= 0.3 is 19.5 Å². The molecule has 22 heteroatoms. The molecule has 0 spiro atoms. The number of rotatable bonds is 0. The van der Waals surface area contributed by atoms with Gasteiger partial charge in [-0.25, -0.2) is 0 Å². The third kappa shape index (κ3) is 446. The average Bonchev–Trinajstić information content (AvgIpc) is 2.23. The molecule has 0 aliphatic carbocycles. The number of hydrogen-bond acceptors (Lipinski definition) is 12. The SMILES string of the molecule is O=NO.O=NO.O=NO.O=NO.O=NO.O=NO.[NH4+].[NH4+].[NH4+].[Rh+3]. The molecule has 0 aromatic rings. The molecule has 18 N–H and O–H groups in total. The summed E-state index contributed by atoms with van der Waals surface area (Å²) in [7, 11) is 0. The first kappa shape index (κ1) is 76.4. The van der Waals surface area contributed by atoms with Gasteiger partial charge in [0.1, 0.15) is 0 Å². The molecule has 138 valence electrons. The van der Waals surface area contributed by atoms with Crippen molar-refractivity contribution in [1.82, 2.24) is 18.5 Å². The van der Waals surface area contributed by atoms with Crippen LogP contribution in [0, 0.1) is 29.4 Å². The normalized spacial score (nSPS) is 3.27. The summed E-state index contributed by atoms with van der Waals surface area (Å²) in [4.78, 5) is 48.7. The Hall–Kier alpha value is -3.10. The van der Waals surface area contributed by atoms with E-state index in [1.165, 1.54) is 32.0 Å². The van der Waals surface area contributed by atoms with E-state index in [0.717, 1.165) is 0 Å². The zero-order chi connectivity index (χ0) is 16.2. The van der Waals surface area contributed by atoms with Crippen LogP contribution in [0.25, 0.3) is 0 Å². The van der Waals surface area contributed by atoms with Crippen LogP contribution in [0.3, 0.4) is 0 Å². The van der Waals surface area contributed by atoms with E-state index in [1.807, 2.05) is 0 Å². The second kappa shape index (κ2) is 607. The van der Waals surface area contributed by atoms with Crippen LogP contribution in [-0.2, 0) is 19.5 Å². The summed E-state index contributed by atoms with van der Waals surface area (Å²) in [5.74, 6) is 0. The monoisotopic (exact) mass is 439 g/mol. The second-order valence-corrected chi connectivity index (χ2v) is 0.490. The van der Waals surface area contributed by atoms with E-state index in [4.69, 9.17) is 60.7 Å². The maximum Gasteiger partial charge on any atom is 3.00 e. The molecule has 0 amide bonds. The molecule has 0 saturated heterocycles. The Morgan fingerprint density at radius 3 is 0.364 bits per heavy atom. The largest absolute Gasteiger partial charge is 3.00 e. The molecule has 21 nitrogen and oxygen atoms in total. The van der Waals surface area contributed by atoms with Crippen LogP contribution in [0.4, 0.5) is 0 Å². The summed E-state index contributed by atoms with van der Waals surface area (Å²) in [6, 6.07) is 0. The van der Waals surface area contributed by atoms with E-state index in [2.05, 4.69) is 0 Å². The molecule has 0 aliphatic rings. The van der Waals surface area contributed by atoms with Crippen molar-refractivity contribution in [3.63, 3.8) is 0 Å². The number of hydrogen-bond donors (Lipinski definition) is 9. The van der Waals surface area contributed by atoms with Crippen LogP contribution in [0.15, 0.2) is 32.0 Å². The van der Waals surface area contributed by atoms with Gasteiger partial charge in [-0.1, -0.05) is 0 Å². The summed E-state index contributed by atoms with van der Waals surface area (Å²) in [5.41, 5.74) is 0. The zero-order valence-corrected chi connectivity index (χ0v) is 12.8. The minimum absolute atomic E-state index is 0. The van der Waals surface area contributed by atoms with Gasteiger partial charge in [0, 0.05) is 0 Å². The van der Waals surface area contributed by atoms with E-state index >= 15 is 0 Å². The Morgan fingerprint density at radius 2 is 0.364 bits per heavy atom. The minimum atomic E-state index is 0. The van der Waals surface area contributed by atoms with Gasteiger partial charge in [-0.2, -0.15) is 0 Å². The van der Waals surface area contributed by atoms with Crippen molar-refractivity contribution in [2.45, 2.75) is 0 Å². The zero-order valence-electron chi connectivity index (χ0n) is 11.1. The van der Waals surface area contributed by atoms with Crippen LogP contribution >= 0.6 is 0 Å². The molecular formula is H18N9O12Rh+6. The molecule has 0 aliphatic heterocycles. The Morgan fingerprint density at radius 1 is 0.364 bits per heavy atom. The van der Waals surface area contributed by atoms with Gasteiger partial charge in [-0.05, 0) is 0 Å². The van der Waals surface area contributed by atoms with Gasteiger partial charge in [0.2, 0.25) is 0 Å². The molecule has 0 aromatic heterocycles. The van der Waals surface area contributed by atoms with Crippen molar-refractivity contribution >= 4 is 0 Å². The van der Waals surface area contributed by atoms with E-state index in [9.17, 15) is 0 Å².